The molecule has 0 saturated carbocycles. The van der Waals surface area contributed by atoms with Crippen LogP contribution >= 0.6 is 23.4 Å². The number of likely N-dealkylation sites (N-methyl/N-ethyl adjacent to an activating group) is 3. The number of anilines is 1. The summed E-state index contributed by atoms with van der Waals surface area (Å²) in [6, 6.07) is 22.7. The first-order valence-electron chi connectivity index (χ1n) is 42.4. The minimum absolute atomic E-state index is 0.0149. The maximum atomic E-state index is 15.7. The number of carboxylic acids is 1. The topological polar surface area (TPSA) is 471 Å². The number of nitrogens with zero attached hydrogens (tertiary/aromatic N) is 5. The van der Waals surface area contributed by atoms with Gasteiger partial charge in [-0.05, 0) is 107 Å². The Bertz CT molecular complexity index is 5160. The summed E-state index contributed by atoms with van der Waals surface area (Å²) in [6.07, 6.45) is 0.601. The predicted molar refractivity (Wildman–Crippen MR) is 476 cm³/mol. The third-order valence-corrected chi connectivity index (χ3v) is 24.2. The van der Waals surface area contributed by atoms with Crippen molar-refractivity contribution in [2.45, 2.75) is 191 Å². The molecule has 35 heteroatoms. The van der Waals surface area contributed by atoms with Crippen molar-refractivity contribution in [3.8, 4) is 11.5 Å². The van der Waals surface area contributed by atoms with Gasteiger partial charge in [0.25, 0.3) is 0 Å². The Morgan fingerprint density at radius 1 is 0.535 bits per heavy atom. The number of hydrogen-bond donors (Lipinski definition) is 13. The number of thioether (sulfide) groups is 1. The van der Waals surface area contributed by atoms with E-state index in [1.807, 2.05) is 6.92 Å². The number of aromatic hydroxyl groups is 2. The van der Waals surface area contributed by atoms with Crippen LogP contribution in [0.1, 0.15) is 113 Å². The van der Waals surface area contributed by atoms with Crippen molar-refractivity contribution in [2.24, 2.45) is 17.6 Å². The Balaban J connectivity index is 1.03. The molecule has 7 aromatic rings. The predicted octanol–water partition coefficient (Wildman–Crippen LogP) is 4.28. The molecule has 4 heterocycles. The number of rotatable bonds is 19. The molecule has 1 aromatic heterocycles. The molecule has 33 nitrogen and oxygen atoms in total. The number of fused-ring (bicyclic) bond motifs is 6. The fourth-order valence-corrected chi connectivity index (χ4v) is 17.2. The number of H-pyrrole nitrogens is 1. The standard InChI is InChI=1S/C92H112ClN15O18S/c1-9-10-29-73-91(125)107-37-20-30-72(107)86(120)100-68(47-79(113)114)85(119)103-80(53(4)5)92(126)105(7)75(42-54-21-13-11-14-22-54)87(121)101-70-44-58-33-36-62(110)46-74(58)108(89(70)123)49-77(111)96-67(45-59-48-95-64-28-18-17-27-63(59)64)84(118)99-66(40-56-31-34-61(109)35-32-56)83(117)98-65(38-52(2)3)82(116)102-71(81(94)115)50-127-51-78(112)97-69(41-57-25-19-26-60(93)39-57)88(122)106(8)76(90(124)104(73)6)43-55-23-15-12-16-24-55/h11-19,21-28,31-36,39,46,48,52-53,65-73,75-76,80,95,109-110H,9-10,20,29-30,37-38,40-45,47,49-51H2,1-8H3,(H2,94,115)(H,96,111)(H,97,112)(H,98,117)(H,99,118)(H,100,120)(H,101,121)(H,102,116)(H,103,119)(H,113,114)/t65-,66?,67-,68-,69-,70-,71-,72+,73-,75-,76-,80-/m0/s1. The highest BCUT2D eigenvalue weighted by atomic mass is 35.5. The number of benzene rings is 6. The third-order valence-electron chi connectivity index (χ3n) is 23.0. The van der Waals surface area contributed by atoms with E-state index < -0.39 is 186 Å². The smallest absolute Gasteiger partial charge is 0.305 e. The number of carbonyl (C=O) groups is 15. The number of amides is 14. The van der Waals surface area contributed by atoms with Gasteiger partial charge in [-0.3, -0.25) is 71.9 Å². The number of aromatic nitrogens is 1. The summed E-state index contributed by atoms with van der Waals surface area (Å²) in [5.74, 6) is -16.2. The summed E-state index contributed by atoms with van der Waals surface area (Å²) >= 11 is 7.35. The molecule has 0 radical (unpaired) electrons. The molecule has 14 N–H and O–H groups in total. The molecule has 10 rings (SSSR count). The second-order valence-corrected chi connectivity index (χ2v) is 34.7. The fraction of sp³-hybridized carbons (Fsp3) is 0.424. The molecule has 0 spiro atoms. The summed E-state index contributed by atoms with van der Waals surface area (Å²) in [7, 11) is 4.09. The van der Waals surface area contributed by atoms with Gasteiger partial charge in [0.15, 0.2) is 0 Å². The van der Waals surface area contributed by atoms with Gasteiger partial charge in [0.2, 0.25) is 82.7 Å². The number of carboxylic acid groups (broad SMARTS) is 1. The number of aliphatic carboxylic acids is 1. The molecule has 2 saturated heterocycles. The van der Waals surface area contributed by atoms with E-state index in [-0.39, 0.29) is 99.6 Å². The van der Waals surface area contributed by atoms with Gasteiger partial charge in [-0.1, -0.05) is 168 Å². The first kappa shape index (κ1) is 96.4. The van der Waals surface area contributed by atoms with E-state index in [1.165, 1.54) is 78.3 Å². The Hall–Kier alpha value is -12.9. The molecule has 3 aliphatic heterocycles. The van der Waals surface area contributed by atoms with E-state index in [1.54, 1.807) is 143 Å². The second kappa shape index (κ2) is 44.8. The fourth-order valence-electron chi connectivity index (χ4n) is 16.1. The van der Waals surface area contributed by atoms with E-state index in [4.69, 9.17) is 17.3 Å². The molecule has 1 unspecified atom stereocenters. The molecule has 6 aromatic carbocycles. The average Bonchev–Trinajstić information content (AvgIpc) is 0.834. The summed E-state index contributed by atoms with van der Waals surface area (Å²) < 4.78 is 0. The summed E-state index contributed by atoms with van der Waals surface area (Å²) in [6.45, 7) is 7.69. The Labute approximate surface area is 745 Å². The van der Waals surface area contributed by atoms with Crippen LogP contribution in [0.25, 0.3) is 10.9 Å². The van der Waals surface area contributed by atoms with Crippen molar-refractivity contribution in [1.82, 2.24) is 67.1 Å². The van der Waals surface area contributed by atoms with Crippen molar-refractivity contribution in [3.63, 3.8) is 0 Å². The minimum atomic E-state index is -1.88. The number of nitrogens with one attached hydrogen (secondary N) is 9. The van der Waals surface area contributed by atoms with Crippen LogP contribution in [0.2, 0.25) is 5.02 Å². The number of carbonyl (C=O) groups excluding carboxylic acids is 14. The number of halogens is 1. The summed E-state index contributed by atoms with van der Waals surface area (Å²) in [5.41, 5.74) is 9.60. The lowest BCUT2D eigenvalue weighted by Gasteiger charge is -2.38. The van der Waals surface area contributed by atoms with Crippen molar-refractivity contribution in [2.75, 3.05) is 50.6 Å². The van der Waals surface area contributed by atoms with Crippen LogP contribution in [0.5, 0.6) is 11.5 Å². The van der Waals surface area contributed by atoms with Gasteiger partial charge >= 0.3 is 5.97 Å². The second-order valence-electron chi connectivity index (χ2n) is 33.2. The first-order chi connectivity index (χ1) is 60.5. The van der Waals surface area contributed by atoms with Gasteiger partial charge in [-0.25, -0.2) is 0 Å². The number of hydrogen-bond acceptors (Lipinski definition) is 18. The normalized spacial score (nSPS) is 23.4. The van der Waals surface area contributed by atoms with Crippen molar-refractivity contribution in [3.05, 3.63) is 196 Å². The highest BCUT2D eigenvalue weighted by Gasteiger charge is 2.46. The maximum absolute atomic E-state index is 15.7. The number of phenols is 2. The highest BCUT2D eigenvalue weighted by Crippen LogP contribution is 2.33. The number of aromatic amines is 1. The zero-order valence-corrected chi connectivity index (χ0v) is 73.8. The molecule has 0 aliphatic carbocycles. The van der Waals surface area contributed by atoms with E-state index in [2.05, 4.69) is 47.5 Å². The lowest BCUT2D eigenvalue weighted by molar-refractivity contribution is -0.152. The zero-order chi connectivity index (χ0) is 92.0. The number of para-hydroxylation sites is 1. The van der Waals surface area contributed by atoms with Crippen LogP contribution in [0.4, 0.5) is 5.69 Å². The SMILES string of the molecule is CCCC[C@H]1C(=O)N2CCC[C@@H]2C(=O)N[C@@H](CC(=O)O)C(=O)N[C@@H](C(C)C)C(=O)N(C)[C@@H](Cc2ccccc2)C(=O)N[C@H]2Cc3ccc(O)cc3N(CC(=O)N[C@@H](Cc3c[nH]c4ccccc34)C(=O)NC(Cc3ccc(O)cc3)C(=O)N[C@@H](CC(C)C)C(=O)N[C@H](C(N)=O)CSCC(=O)N[C@@H](Cc3cccc(Cl)c3)C(=O)N(C)[C@@H](Cc3ccccc3)C(=O)N1C)C2=O. The maximum Gasteiger partial charge on any atom is 0.305 e. The Morgan fingerprint density at radius 3 is 1.76 bits per heavy atom. The first-order valence-corrected chi connectivity index (χ1v) is 44.0. The van der Waals surface area contributed by atoms with Crippen LogP contribution in [0.3, 0.4) is 0 Å². The number of nitrogens with two attached hydrogens (primary N) is 1. The van der Waals surface area contributed by atoms with E-state index >= 15 is 43.2 Å². The molecular weight excluding hydrogens is 1670 g/mol. The van der Waals surface area contributed by atoms with Gasteiger partial charge in [0.1, 0.15) is 90.5 Å². The van der Waals surface area contributed by atoms with E-state index in [0.717, 1.165) is 21.6 Å². The molecule has 14 amide bonds. The van der Waals surface area contributed by atoms with Crippen molar-refractivity contribution in [1.29, 1.82) is 0 Å². The van der Waals surface area contributed by atoms with E-state index in [9.17, 15) is 44.1 Å². The molecule has 127 heavy (non-hydrogen) atoms. The number of phenolic OH excluding ortho intramolecular Hbond substituents is 2. The van der Waals surface area contributed by atoms with Crippen LogP contribution in [0.15, 0.2) is 158 Å². The average molecular weight is 1780 g/mol. The molecule has 676 valence electrons. The van der Waals surface area contributed by atoms with E-state index in [0.29, 0.717) is 62.1 Å². The van der Waals surface area contributed by atoms with Crippen molar-refractivity contribution < 1.29 is 87.2 Å². The summed E-state index contributed by atoms with van der Waals surface area (Å²) in [4.78, 5) is 232. The lowest BCUT2D eigenvalue weighted by Crippen LogP contribution is -2.62. The quantitative estimate of drug-likeness (QED) is 0.0537. The van der Waals surface area contributed by atoms with Crippen molar-refractivity contribution >= 4 is 129 Å². The van der Waals surface area contributed by atoms with Gasteiger partial charge in [-0.15, -0.1) is 11.8 Å². The van der Waals surface area contributed by atoms with Gasteiger partial charge in [0, 0.05) is 100 Å². The van der Waals surface area contributed by atoms with Crippen LogP contribution in [-0.4, -0.2) is 247 Å². The monoisotopic (exact) mass is 1780 g/mol. The Kier molecular flexibility index (Phi) is 34.0. The minimum Gasteiger partial charge on any atom is -0.508 e. The lowest BCUT2D eigenvalue weighted by atomic mass is 9.95. The largest absolute Gasteiger partial charge is 0.508 e. The van der Waals surface area contributed by atoms with Gasteiger partial charge in [0.05, 0.1) is 17.9 Å². The molecule has 12 atom stereocenters. The van der Waals surface area contributed by atoms with Crippen LogP contribution < -0.4 is 53.2 Å². The number of unbranched alkanes of at least 4 members (excludes halogenated alkanes) is 1. The molecule has 3 aliphatic rings. The molecule has 2 bridgehead atoms. The van der Waals surface area contributed by atoms with Crippen LogP contribution in [0, 0.1) is 11.8 Å². The molecule has 2 fully saturated rings. The highest BCUT2D eigenvalue weighted by molar-refractivity contribution is 8.00. The Morgan fingerprint density at radius 2 is 1.11 bits per heavy atom. The number of primary amides is 1. The van der Waals surface area contributed by atoms with Gasteiger partial charge in [-0.2, -0.15) is 0 Å². The zero-order valence-electron chi connectivity index (χ0n) is 72.2. The summed E-state index contributed by atoms with van der Waals surface area (Å²) in [5, 5.41) is 54.4. The van der Waals surface area contributed by atoms with Gasteiger partial charge < -0.3 is 93.1 Å². The molecular formula is C92H112ClN15O18S. The third kappa shape index (κ3) is 25.9. The van der Waals surface area contributed by atoms with Crippen LogP contribution in [-0.2, 0) is 110 Å².